The molecule has 1 aliphatic carbocycles. The lowest BCUT2D eigenvalue weighted by atomic mass is 10.2. The first-order chi connectivity index (χ1) is 9.54. The Morgan fingerprint density at radius 3 is 2.70 bits per heavy atom. The van der Waals surface area contributed by atoms with Crippen molar-refractivity contribution in [1.29, 1.82) is 0 Å². The van der Waals surface area contributed by atoms with E-state index < -0.39 is 5.97 Å². The largest absolute Gasteiger partial charge is 0.480 e. The summed E-state index contributed by atoms with van der Waals surface area (Å²) < 4.78 is 5.47. The van der Waals surface area contributed by atoms with Crippen LogP contribution in [0.1, 0.15) is 39.5 Å². The summed E-state index contributed by atoms with van der Waals surface area (Å²) in [5, 5.41) is 11.6. The molecule has 1 unspecified atom stereocenters. The van der Waals surface area contributed by atoms with Crippen molar-refractivity contribution >= 4 is 12.0 Å². The molecule has 1 aliphatic rings. The molecule has 1 atom stereocenters. The molecule has 0 aliphatic heterocycles. The van der Waals surface area contributed by atoms with Crippen molar-refractivity contribution in [3.63, 3.8) is 0 Å². The van der Waals surface area contributed by atoms with E-state index >= 15 is 0 Å². The smallest absolute Gasteiger partial charge is 0.323 e. The van der Waals surface area contributed by atoms with Crippen molar-refractivity contribution < 1.29 is 19.4 Å². The number of amides is 2. The number of ether oxygens (including phenoxy) is 1. The zero-order valence-electron chi connectivity index (χ0n) is 12.4. The second-order valence-electron chi connectivity index (χ2n) is 5.38. The minimum atomic E-state index is -0.992. The first-order valence-corrected chi connectivity index (χ1v) is 7.38. The maximum atomic E-state index is 11.9. The van der Waals surface area contributed by atoms with E-state index in [0.29, 0.717) is 13.2 Å². The van der Waals surface area contributed by atoms with Crippen molar-refractivity contribution in [2.45, 2.75) is 45.6 Å². The zero-order valence-corrected chi connectivity index (χ0v) is 12.4. The summed E-state index contributed by atoms with van der Waals surface area (Å²) >= 11 is 0. The van der Waals surface area contributed by atoms with Gasteiger partial charge in [-0.15, -0.1) is 0 Å². The van der Waals surface area contributed by atoms with Gasteiger partial charge in [0.15, 0.2) is 0 Å². The monoisotopic (exact) mass is 286 g/mol. The summed E-state index contributed by atoms with van der Waals surface area (Å²) in [6.45, 7) is 5.49. The molecular weight excluding hydrogens is 260 g/mol. The third-order valence-electron chi connectivity index (χ3n) is 3.48. The van der Waals surface area contributed by atoms with E-state index in [-0.39, 0.29) is 18.6 Å². The molecule has 0 saturated heterocycles. The normalized spacial score (nSPS) is 15.7. The summed E-state index contributed by atoms with van der Waals surface area (Å²) in [5.41, 5.74) is 0. The standard InChI is InChI=1S/C14H26N2O4/c1-3-11(2)16(9-13(17)18)14(19)15-7-4-8-20-10-12-5-6-12/h11-12H,3-10H2,1-2H3,(H,15,19)(H,17,18). The second kappa shape index (κ2) is 8.79. The number of carboxylic acid groups (broad SMARTS) is 1. The van der Waals surface area contributed by atoms with Crippen LogP contribution in [0.3, 0.4) is 0 Å². The highest BCUT2D eigenvalue weighted by molar-refractivity contribution is 5.80. The highest BCUT2D eigenvalue weighted by atomic mass is 16.5. The average Bonchev–Trinajstić information content (AvgIpc) is 3.22. The van der Waals surface area contributed by atoms with E-state index in [0.717, 1.165) is 25.4 Å². The zero-order chi connectivity index (χ0) is 15.0. The van der Waals surface area contributed by atoms with Crippen molar-refractivity contribution in [3.8, 4) is 0 Å². The van der Waals surface area contributed by atoms with Crippen molar-refractivity contribution in [3.05, 3.63) is 0 Å². The number of carbonyl (C=O) groups excluding carboxylic acids is 1. The molecule has 0 aromatic carbocycles. The molecule has 20 heavy (non-hydrogen) atoms. The Hall–Kier alpha value is -1.30. The number of rotatable bonds is 10. The van der Waals surface area contributed by atoms with Gasteiger partial charge in [0.25, 0.3) is 0 Å². The number of urea groups is 1. The van der Waals surface area contributed by atoms with Gasteiger partial charge in [-0.1, -0.05) is 6.92 Å². The molecule has 1 fully saturated rings. The maximum Gasteiger partial charge on any atom is 0.323 e. The van der Waals surface area contributed by atoms with Gasteiger partial charge in [-0.3, -0.25) is 4.79 Å². The molecule has 0 heterocycles. The lowest BCUT2D eigenvalue weighted by Gasteiger charge is -2.27. The SMILES string of the molecule is CCC(C)N(CC(=O)O)C(=O)NCCCOCC1CC1. The van der Waals surface area contributed by atoms with Crippen LogP contribution in [0.25, 0.3) is 0 Å². The highest BCUT2D eigenvalue weighted by Gasteiger charge is 2.22. The molecule has 0 aromatic heterocycles. The van der Waals surface area contributed by atoms with Crippen LogP contribution in [0.5, 0.6) is 0 Å². The van der Waals surface area contributed by atoms with E-state index in [4.69, 9.17) is 9.84 Å². The molecule has 2 amide bonds. The Kier molecular flexibility index (Phi) is 7.36. The van der Waals surface area contributed by atoms with Crippen molar-refractivity contribution in [1.82, 2.24) is 10.2 Å². The Labute approximate surface area is 120 Å². The molecule has 6 heteroatoms. The third-order valence-corrected chi connectivity index (χ3v) is 3.48. The van der Waals surface area contributed by atoms with Crippen LogP contribution in [0.2, 0.25) is 0 Å². The number of aliphatic carboxylic acids is 1. The highest BCUT2D eigenvalue weighted by Crippen LogP contribution is 2.28. The molecule has 2 N–H and O–H groups in total. The summed E-state index contributed by atoms with van der Waals surface area (Å²) in [7, 11) is 0. The van der Waals surface area contributed by atoms with E-state index in [1.807, 2.05) is 13.8 Å². The molecule has 1 rings (SSSR count). The first-order valence-electron chi connectivity index (χ1n) is 7.38. The fourth-order valence-electron chi connectivity index (χ4n) is 1.80. The molecule has 1 saturated carbocycles. The van der Waals surface area contributed by atoms with Crippen LogP contribution in [0.15, 0.2) is 0 Å². The van der Waals surface area contributed by atoms with Gasteiger partial charge in [0.05, 0.1) is 0 Å². The summed E-state index contributed by atoms with van der Waals surface area (Å²) in [5.74, 6) is -0.241. The molecule has 0 aromatic rings. The summed E-state index contributed by atoms with van der Waals surface area (Å²) in [6, 6.07) is -0.402. The van der Waals surface area contributed by atoms with Gasteiger partial charge in [-0.25, -0.2) is 4.79 Å². The predicted octanol–water partition coefficient (Wildman–Crippen LogP) is 1.70. The van der Waals surface area contributed by atoms with E-state index in [9.17, 15) is 9.59 Å². The summed E-state index contributed by atoms with van der Waals surface area (Å²) in [6.07, 6.45) is 4.02. The number of hydrogen-bond donors (Lipinski definition) is 2. The quantitative estimate of drug-likeness (QED) is 0.599. The van der Waals surface area contributed by atoms with Gasteiger partial charge < -0.3 is 20.1 Å². The minimum Gasteiger partial charge on any atom is -0.480 e. The van der Waals surface area contributed by atoms with E-state index in [2.05, 4.69) is 5.32 Å². The predicted molar refractivity (Wildman–Crippen MR) is 75.7 cm³/mol. The second-order valence-corrected chi connectivity index (χ2v) is 5.38. The Balaban J connectivity index is 2.17. The molecule has 0 spiro atoms. The Morgan fingerprint density at radius 2 is 2.15 bits per heavy atom. The van der Waals surface area contributed by atoms with Crippen LogP contribution in [-0.2, 0) is 9.53 Å². The van der Waals surface area contributed by atoms with Crippen LogP contribution in [-0.4, -0.2) is 54.4 Å². The Bertz CT molecular complexity index is 318. The fraction of sp³-hybridized carbons (Fsp3) is 0.857. The van der Waals surface area contributed by atoms with Crippen LogP contribution < -0.4 is 5.32 Å². The van der Waals surface area contributed by atoms with Gasteiger partial charge in [0, 0.05) is 25.8 Å². The summed E-state index contributed by atoms with van der Waals surface area (Å²) in [4.78, 5) is 24.1. The van der Waals surface area contributed by atoms with Crippen LogP contribution >= 0.6 is 0 Å². The lowest BCUT2D eigenvalue weighted by molar-refractivity contribution is -0.138. The number of carboxylic acids is 1. The molecule has 116 valence electrons. The third kappa shape index (κ3) is 6.75. The van der Waals surface area contributed by atoms with Gasteiger partial charge in [-0.2, -0.15) is 0 Å². The van der Waals surface area contributed by atoms with Crippen molar-refractivity contribution in [2.75, 3.05) is 26.3 Å². The lowest BCUT2D eigenvalue weighted by Crippen LogP contribution is -2.47. The van der Waals surface area contributed by atoms with Gasteiger partial charge in [0.2, 0.25) is 0 Å². The maximum absolute atomic E-state index is 11.9. The van der Waals surface area contributed by atoms with E-state index in [1.54, 1.807) is 0 Å². The number of carbonyl (C=O) groups is 2. The number of nitrogens with zero attached hydrogens (tertiary/aromatic N) is 1. The number of hydrogen-bond acceptors (Lipinski definition) is 3. The fourth-order valence-corrected chi connectivity index (χ4v) is 1.80. The van der Waals surface area contributed by atoms with Gasteiger partial charge >= 0.3 is 12.0 Å². The first kappa shape index (κ1) is 16.8. The minimum absolute atomic E-state index is 0.0859. The molecule has 6 nitrogen and oxygen atoms in total. The molecular formula is C14H26N2O4. The van der Waals surface area contributed by atoms with Crippen LogP contribution in [0, 0.1) is 5.92 Å². The average molecular weight is 286 g/mol. The Morgan fingerprint density at radius 1 is 1.45 bits per heavy atom. The van der Waals surface area contributed by atoms with E-state index in [1.165, 1.54) is 17.7 Å². The number of nitrogens with one attached hydrogen (secondary N) is 1. The van der Waals surface area contributed by atoms with Crippen molar-refractivity contribution in [2.24, 2.45) is 5.92 Å². The van der Waals surface area contributed by atoms with Gasteiger partial charge in [-0.05, 0) is 38.5 Å². The van der Waals surface area contributed by atoms with Gasteiger partial charge in [0.1, 0.15) is 6.54 Å². The molecule has 0 bridgehead atoms. The topological polar surface area (TPSA) is 78.9 Å². The van der Waals surface area contributed by atoms with Crippen LogP contribution in [0.4, 0.5) is 4.79 Å². The molecule has 0 radical (unpaired) electrons.